The summed E-state index contributed by atoms with van der Waals surface area (Å²) < 4.78 is 14.9. The van der Waals surface area contributed by atoms with Crippen molar-refractivity contribution >= 4 is 39.0 Å². The molecule has 7 heteroatoms. The molecule has 3 rings (SSSR count). The zero-order valence-electron chi connectivity index (χ0n) is 12.5. The van der Waals surface area contributed by atoms with Crippen molar-refractivity contribution in [3.8, 4) is 10.7 Å². The summed E-state index contributed by atoms with van der Waals surface area (Å²) in [7, 11) is 1.66. The molecule has 0 unspecified atom stereocenters. The molecule has 0 aliphatic rings. The predicted octanol–water partition coefficient (Wildman–Crippen LogP) is 4.01. The second-order valence-corrected chi connectivity index (χ2v) is 7.06. The van der Waals surface area contributed by atoms with Gasteiger partial charge in [-0.1, -0.05) is 0 Å². The Morgan fingerprint density at radius 2 is 2.13 bits per heavy atom. The standard InChI is InChI=1S/C16H16FN3OS2/c1-18-12-5-6-13(19-15(12)17)16-20-11-4-3-10(9-14(11)23-16)22-8-2-7-21/h3-6,9,18,21H,2,7-8H2,1H3/i17-1. The molecular formula is C16H16FN3OS2. The zero-order valence-corrected chi connectivity index (χ0v) is 14.2. The number of aliphatic hydroxyl groups is 1. The van der Waals surface area contributed by atoms with E-state index < -0.39 is 5.95 Å². The van der Waals surface area contributed by atoms with E-state index in [1.807, 2.05) is 12.1 Å². The first-order chi connectivity index (χ1) is 11.2. The first-order valence-corrected chi connectivity index (χ1v) is 9.00. The first-order valence-electron chi connectivity index (χ1n) is 7.20. The highest BCUT2D eigenvalue weighted by atomic mass is 32.2. The number of anilines is 1. The zero-order chi connectivity index (χ0) is 16.2. The van der Waals surface area contributed by atoms with Gasteiger partial charge in [0.15, 0.2) is 0 Å². The van der Waals surface area contributed by atoms with Gasteiger partial charge in [0.05, 0.1) is 15.9 Å². The van der Waals surface area contributed by atoms with E-state index in [1.54, 1.807) is 30.9 Å². The van der Waals surface area contributed by atoms with E-state index in [0.717, 1.165) is 27.3 Å². The molecule has 0 saturated heterocycles. The molecule has 2 N–H and O–H groups in total. The van der Waals surface area contributed by atoms with Crippen molar-refractivity contribution in [3.63, 3.8) is 0 Å². The van der Waals surface area contributed by atoms with E-state index in [2.05, 4.69) is 21.4 Å². The van der Waals surface area contributed by atoms with Crippen LogP contribution < -0.4 is 5.32 Å². The molecule has 2 aromatic heterocycles. The molecule has 0 saturated carbocycles. The lowest BCUT2D eigenvalue weighted by atomic mass is 10.3. The number of thiazole rings is 1. The van der Waals surface area contributed by atoms with Gasteiger partial charge >= 0.3 is 0 Å². The van der Waals surface area contributed by atoms with Gasteiger partial charge in [-0.3, -0.25) is 0 Å². The fourth-order valence-electron chi connectivity index (χ4n) is 2.10. The Labute approximate surface area is 141 Å². The van der Waals surface area contributed by atoms with Crippen molar-refractivity contribution in [3.05, 3.63) is 36.3 Å². The van der Waals surface area contributed by atoms with Gasteiger partial charge in [0.1, 0.15) is 10.7 Å². The van der Waals surface area contributed by atoms with E-state index in [1.165, 1.54) is 11.3 Å². The average molecular weight is 348 g/mol. The molecule has 0 aliphatic heterocycles. The summed E-state index contributed by atoms with van der Waals surface area (Å²) >= 11 is 3.21. The highest BCUT2D eigenvalue weighted by Crippen LogP contribution is 2.32. The third-order valence-electron chi connectivity index (χ3n) is 3.27. The fourth-order valence-corrected chi connectivity index (χ4v) is 4.02. The number of aromatic nitrogens is 2. The molecule has 0 bridgehead atoms. The Bertz CT molecular complexity index is 822. The van der Waals surface area contributed by atoms with Crippen LogP contribution in [-0.2, 0) is 0 Å². The minimum absolute atomic E-state index is 0.208. The second-order valence-electron chi connectivity index (χ2n) is 4.86. The minimum atomic E-state index is -0.524. The first kappa shape index (κ1) is 16.2. The SMILES string of the molecule is CNc1ccc(-c2nc3ccc(SCCCO)cc3s2)nc1[18F]. The quantitative estimate of drug-likeness (QED) is 0.400. The lowest BCUT2D eigenvalue weighted by molar-refractivity contribution is 0.296. The molecule has 4 nitrogen and oxygen atoms in total. The van der Waals surface area contributed by atoms with Gasteiger partial charge in [-0.15, -0.1) is 23.1 Å². The number of aliphatic hydroxyl groups excluding tert-OH is 1. The van der Waals surface area contributed by atoms with E-state index >= 15 is 0 Å². The van der Waals surface area contributed by atoms with Crippen LogP contribution in [0.15, 0.2) is 35.2 Å². The van der Waals surface area contributed by atoms with Crippen molar-refractivity contribution in [2.45, 2.75) is 11.3 Å². The molecule has 0 radical (unpaired) electrons. The van der Waals surface area contributed by atoms with Crippen LogP contribution in [0.2, 0.25) is 0 Å². The summed E-state index contributed by atoms with van der Waals surface area (Å²) in [6, 6.07) is 9.50. The Morgan fingerprint density at radius 1 is 1.26 bits per heavy atom. The maximum absolute atomic E-state index is 13.8. The molecule has 23 heavy (non-hydrogen) atoms. The van der Waals surface area contributed by atoms with E-state index in [4.69, 9.17) is 5.11 Å². The maximum atomic E-state index is 13.8. The third-order valence-corrected chi connectivity index (χ3v) is 5.39. The van der Waals surface area contributed by atoms with Gasteiger partial charge < -0.3 is 10.4 Å². The molecule has 0 atom stereocenters. The Kier molecular flexibility index (Phi) is 5.09. The number of nitrogens with one attached hydrogen (secondary N) is 1. The Hall–Kier alpha value is -1.70. The number of pyridine rings is 1. The van der Waals surface area contributed by atoms with Crippen molar-refractivity contribution in [2.24, 2.45) is 0 Å². The van der Waals surface area contributed by atoms with Crippen molar-refractivity contribution < 1.29 is 9.50 Å². The van der Waals surface area contributed by atoms with Gasteiger partial charge in [-0.25, -0.2) is 9.97 Å². The number of benzene rings is 1. The largest absolute Gasteiger partial charge is 0.396 e. The predicted molar refractivity (Wildman–Crippen MR) is 94.8 cm³/mol. The highest BCUT2D eigenvalue weighted by Gasteiger charge is 2.11. The smallest absolute Gasteiger partial charge is 0.236 e. The van der Waals surface area contributed by atoms with Gasteiger partial charge in [0.25, 0.3) is 0 Å². The average Bonchev–Trinajstić information content (AvgIpc) is 2.98. The van der Waals surface area contributed by atoms with E-state index in [-0.39, 0.29) is 6.61 Å². The lowest BCUT2D eigenvalue weighted by Gasteiger charge is -2.01. The molecule has 2 heterocycles. The number of hydrogen-bond donors (Lipinski definition) is 2. The van der Waals surface area contributed by atoms with Gasteiger partial charge in [0.2, 0.25) is 5.95 Å². The summed E-state index contributed by atoms with van der Waals surface area (Å²) in [5, 5.41) is 12.3. The Balaban J connectivity index is 1.89. The molecule has 120 valence electrons. The summed E-state index contributed by atoms with van der Waals surface area (Å²) in [4.78, 5) is 9.66. The van der Waals surface area contributed by atoms with Crippen LogP contribution in [0, 0.1) is 5.95 Å². The van der Waals surface area contributed by atoms with Crippen molar-refractivity contribution in [1.82, 2.24) is 9.97 Å². The molecule has 0 aliphatic carbocycles. The lowest BCUT2D eigenvalue weighted by Crippen LogP contribution is -1.96. The maximum Gasteiger partial charge on any atom is 0.236 e. The van der Waals surface area contributed by atoms with Crippen LogP contribution in [0.4, 0.5) is 10.1 Å². The summed E-state index contributed by atoms with van der Waals surface area (Å²) in [5.41, 5.74) is 1.80. The monoisotopic (exact) mass is 348 g/mol. The fraction of sp³-hybridized carbons (Fsp3) is 0.250. The number of thioether (sulfide) groups is 1. The van der Waals surface area contributed by atoms with Gasteiger partial charge in [-0.05, 0) is 36.8 Å². The number of fused-ring (bicyclic) bond motifs is 1. The minimum Gasteiger partial charge on any atom is -0.396 e. The summed E-state index contributed by atoms with van der Waals surface area (Å²) in [5.74, 6) is 0.357. The van der Waals surface area contributed by atoms with Crippen LogP contribution in [0.3, 0.4) is 0 Å². The molecular weight excluding hydrogens is 332 g/mol. The second kappa shape index (κ2) is 7.25. The summed E-state index contributed by atoms with van der Waals surface area (Å²) in [6.45, 7) is 0.208. The third kappa shape index (κ3) is 3.63. The van der Waals surface area contributed by atoms with Crippen LogP contribution in [0.5, 0.6) is 0 Å². The number of rotatable bonds is 6. The number of hydrogen-bond acceptors (Lipinski definition) is 6. The van der Waals surface area contributed by atoms with Crippen molar-refractivity contribution in [1.29, 1.82) is 0 Å². The molecule has 0 spiro atoms. The van der Waals surface area contributed by atoms with Gasteiger partial charge in [-0.2, -0.15) is 4.39 Å². The molecule has 1 aromatic carbocycles. The van der Waals surface area contributed by atoms with Gasteiger partial charge in [0, 0.05) is 24.3 Å². The van der Waals surface area contributed by atoms with Crippen LogP contribution >= 0.6 is 23.1 Å². The van der Waals surface area contributed by atoms with Crippen LogP contribution in [-0.4, -0.2) is 34.5 Å². The number of halogens is 1. The van der Waals surface area contributed by atoms with Crippen LogP contribution in [0.1, 0.15) is 6.42 Å². The topological polar surface area (TPSA) is 58.0 Å². The van der Waals surface area contributed by atoms with E-state index in [0.29, 0.717) is 16.4 Å². The highest BCUT2D eigenvalue weighted by molar-refractivity contribution is 7.99. The molecule has 3 aromatic rings. The van der Waals surface area contributed by atoms with E-state index in [9.17, 15) is 4.39 Å². The van der Waals surface area contributed by atoms with Crippen LogP contribution in [0.25, 0.3) is 20.9 Å². The molecule has 0 amide bonds. The summed E-state index contributed by atoms with van der Waals surface area (Å²) in [6.07, 6.45) is 0.775. The van der Waals surface area contributed by atoms with Crippen molar-refractivity contribution in [2.75, 3.05) is 24.7 Å². The Morgan fingerprint density at radius 3 is 2.87 bits per heavy atom. The molecule has 0 fully saturated rings. The normalized spacial score (nSPS) is 11.1. The number of nitrogens with zero attached hydrogens (tertiary/aromatic N) is 2.